The van der Waals surface area contributed by atoms with Crippen molar-refractivity contribution in [1.82, 2.24) is 0 Å². The molecule has 1 fully saturated rings. The number of Topliss-reactive ketones (excluding diaryl/α,β-unsaturated/α-hetero) is 1. The molecule has 1 aliphatic rings. The number of aliphatic hydroxyl groups is 1. The van der Waals surface area contributed by atoms with Gasteiger partial charge in [0.05, 0.1) is 22.6 Å². The van der Waals surface area contributed by atoms with E-state index in [1.165, 1.54) is 6.92 Å². The van der Waals surface area contributed by atoms with E-state index in [0.717, 1.165) is 27.8 Å². The van der Waals surface area contributed by atoms with Gasteiger partial charge in [-0.1, -0.05) is 54.6 Å². The monoisotopic (exact) mass is 726 g/mol. The fraction of sp³-hybridized carbons (Fsp3) is 0.325. The number of rotatable bonds is 10. The van der Waals surface area contributed by atoms with Gasteiger partial charge in [-0.25, -0.2) is 0 Å². The molecule has 1 saturated carbocycles. The number of anilines is 2. The molecule has 0 heterocycles. The molecule has 4 aromatic rings. The number of aryl methyl sites for hydroxylation is 2. The molecule has 9 heteroatoms. The van der Waals surface area contributed by atoms with Gasteiger partial charge in [-0.3, -0.25) is 14.4 Å². The van der Waals surface area contributed by atoms with E-state index in [9.17, 15) is 19.5 Å². The maximum atomic E-state index is 14.4. The summed E-state index contributed by atoms with van der Waals surface area (Å²) in [6.07, 6.45) is -0.378. The Morgan fingerprint density at radius 1 is 0.857 bits per heavy atom. The molecule has 4 atom stereocenters. The van der Waals surface area contributed by atoms with Gasteiger partial charge in [0.2, 0.25) is 11.8 Å². The Balaban J connectivity index is 1.63. The summed E-state index contributed by atoms with van der Waals surface area (Å²) in [7, 11) is 0. The lowest BCUT2D eigenvalue weighted by Gasteiger charge is -2.44. The number of benzene rings is 4. The first-order valence-corrected chi connectivity index (χ1v) is 17.2. The van der Waals surface area contributed by atoms with Crippen LogP contribution in [-0.2, 0) is 21.0 Å². The zero-order valence-corrected chi connectivity index (χ0v) is 30.3. The molecule has 256 valence electrons. The smallest absolute Gasteiger partial charge is 0.235 e. The highest BCUT2D eigenvalue weighted by Gasteiger charge is 2.56. The number of carbonyl (C=O) groups is 3. The van der Waals surface area contributed by atoms with E-state index >= 15 is 0 Å². The average Bonchev–Trinajstić information content (AvgIpc) is 3.04. The highest BCUT2D eigenvalue weighted by atomic mass is 79.9. The summed E-state index contributed by atoms with van der Waals surface area (Å²) in [6.45, 7) is 11.6. The zero-order chi connectivity index (χ0) is 35.5. The van der Waals surface area contributed by atoms with E-state index < -0.39 is 41.0 Å². The van der Waals surface area contributed by atoms with E-state index in [1.807, 2.05) is 89.2 Å². The molecule has 0 bridgehead atoms. The molecule has 49 heavy (non-hydrogen) atoms. The summed E-state index contributed by atoms with van der Waals surface area (Å²) in [5.41, 5.74) is 4.54. The van der Waals surface area contributed by atoms with Gasteiger partial charge in [-0.15, -0.1) is 0 Å². The number of halogens is 1. The minimum absolute atomic E-state index is 0.275. The molecule has 0 aliphatic heterocycles. The van der Waals surface area contributed by atoms with E-state index in [-0.39, 0.29) is 13.0 Å². The van der Waals surface area contributed by atoms with Gasteiger partial charge in [0.1, 0.15) is 18.3 Å². The molecular formula is C40H43BrN2O6. The van der Waals surface area contributed by atoms with Crippen LogP contribution in [0.1, 0.15) is 59.6 Å². The number of ketones is 1. The number of carbonyl (C=O) groups excluding carboxylic acids is 3. The van der Waals surface area contributed by atoms with Gasteiger partial charge < -0.3 is 25.2 Å². The van der Waals surface area contributed by atoms with Crippen molar-refractivity contribution in [2.24, 2.45) is 11.8 Å². The minimum Gasteiger partial charge on any atom is -0.490 e. The summed E-state index contributed by atoms with van der Waals surface area (Å²) in [5.74, 6) is -4.26. The van der Waals surface area contributed by atoms with Crippen molar-refractivity contribution in [3.8, 4) is 11.5 Å². The van der Waals surface area contributed by atoms with Crippen LogP contribution in [0.15, 0.2) is 83.3 Å². The van der Waals surface area contributed by atoms with Crippen molar-refractivity contribution in [2.75, 3.05) is 17.2 Å². The Morgan fingerprint density at radius 3 is 2.04 bits per heavy atom. The molecule has 5 rings (SSSR count). The van der Waals surface area contributed by atoms with Crippen LogP contribution in [0, 0.1) is 39.5 Å². The van der Waals surface area contributed by atoms with Crippen LogP contribution >= 0.6 is 15.9 Å². The third-order valence-corrected chi connectivity index (χ3v) is 10.1. The molecule has 8 nitrogen and oxygen atoms in total. The van der Waals surface area contributed by atoms with Gasteiger partial charge in [0, 0.05) is 23.7 Å². The SMILES string of the molecule is CCOc1cc(C2C(C(=O)Nc3cccc(C)c3C)C(=O)CC(C)(O)C2C(=O)Nc2cccc(C)c2C)cc(Br)c1OCc1ccccc1. The molecule has 0 aromatic heterocycles. The fourth-order valence-electron chi connectivity index (χ4n) is 6.60. The quantitative estimate of drug-likeness (QED) is 0.143. The molecule has 2 amide bonds. The Bertz CT molecular complexity index is 1870. The molecule has 0 saturated heterocycles. The largest absolute Gasteiger partial charge is 0.490 e. The number of nitrogens with one attached hydrogen (secondary N) is 2. The standard InChI is InChI=1S/C40H43BrN2O6/c1-7-48-33-20-28(19-29(41)37(33)49-22-27-15-9-8-10-16-27)34-35(38(45)42-30-17-11-13-23(2)25(30)4)32(44)21-40(6,47)36(34)39(46)43-31-18-12-14-24(3)26(31)5/h8-20,34-36,47H,7,21-22H2,1-6H3,(H,42,45)(H,43,46). The molecule has 4 unspecified atom stereocenters. The summed E-state index contributed by atoms with van der Waals surface area (Å²) >= 11 is 3.65. The first kappa shape index (κ1) is 35.8. The van der Waals surface area contributed by atoms with Gasteiger partial charge in [-0.2, -0.15) is 0 Å². The second-order valence-corrected chi connectivity index (χ2v) is 13.8. The number of amides is 2. The van der Waals surface area contributed by atoms with Crippen molar-refractivity contribution in [2.45, 2.75) is 66.1 Å². The van der Waals surface area contributed by atoms with Crippen molar-refractivity contribution in [3.05, 3.63) is 117 Å². The second-order valence-electron chi connectivity index (χ2n) is 13.0. The lowest BCUT2D eigenvalue weighted by Crippen LogP contribution is -2.56. The maximum Gasteiger partial charge on any atom is 0.235 e. The Kier molecular flexibility index (Phi) is 10.9. The van der Waals surface area contributed by atoms with Gasteiger partial charge in [0.25, 0.3) is 0 Å². The predicted octanol–water partition coefficient (Wildman–Crippen LogP) is 7.98. The van der Waals surface area contributed by atoms with Crippen molar-refractivity contribution >= 4 is 44.9 Å². The van der Waals surface area contributed by atoms with Crippen LogP contribution in [0.4, 0.5) is 11.4 Å². The Labute approximate surface area is 296 Å². The van der Waals surface area contributed by atoms with E-state index in [2.05, 4.69) is 26.6 Å². The molecule has 0 spiro atoms. The number of hydrogen-bond donors (Lipinski definition) is 3. The van der Waals surface area contributed by atoms with Crippen molar-refractivity contribution < 1.29 is 29.0 Å². The van der Waals surface area contributed by atoms with Crippen LogP contribution in [0.25, 0.3) is 0 Å². The van der Waals surface area contributed by atoms with Gasteiger partial charge >= 0.3 is 0 Å². The van der Waals surface area contributed by atoms with Crippen LogP contribution in [0.2, 0.25) is 0 Å². The summed E-state index contributed by atoms with van der Waals surface area (Å²) in [6, 6.07) is 24.3. The third-order valence-electron chi connectivity index (χ3n) is 9.50. The third kappa shape index (κ3) is 7.73. The summed E-state index contributed by atoms with van der Waals surface area (Å²) in [4.78, 5) is 42.7. The van der Waals surface area contributed by atoms with E-state index in [1.54, 1.807) is 24.3 Å². The molecule has 0 radical (unpaired) electrons. The highest BCUT2D eigenvalue weighted by Crippen LogP contribution is 2.50. The molecule has 4 aromatic carbocycles. The van der Waals surface area contributed by atoms with Gasteiger partial charge in [0.15, 0.2) is 11.5 Å². The maximum absolute atomic E-state index is 14.4. The first-order chi connectivity index (χ1) is 23.3. The number of ether oxygens (including phenoxy) is 2. The lowest BCUT2D eigenvalue weighted by molar-refractivity contribution is -0.150. The highest BCUT2D eigenvalue weighted by molar-refractivity contribution is 9.10. The normalized spacial score (nSPS) is 20.4. The van der Waals surface area contributed by atoms with Crippen molar-refractivity contribution in [1.29, 1.82) is 0 Å². The molecular weight excluding hydrogens is 684 g/mol. The topological polar surface area (TPSA) is 114 Å². The summed E-state index contributed by atoms with van der Waals surface area (Å²) in [5, 5.41) is 17.9. The second kappa shape index (κ2) is 15.0. The zero-order valence-electron chi connectivity index (χ0n) is 28.7. The first-order valence-electron chi connectivity index (χ1n) is 16.4. The van der Waals surface area contributed by atoms with Crippen LogP contribution < -0.4 is 20.1 Å². The predicted molar refractivity (Wildman–Crippen MR) is 195 cm³/mol. The van der Waals surface area contributed by atoms with E-state index in [4.69, 9.17) is 9.47 Å². The van der Waals surface area contributed by atoms with Crippen LogP contribution in [0.5, 0.6) is 11.5 Å². The van der Waals surface area contributed by atoms with Crippen molar-refractivity contribution in [3.63, 3.8) is 0 Å². The average molecular weight is 728 g/mol. The number of hydrogen-bond acceptors (Lipinski definition) is 6. The molecule has 3 N–H and O–H groups in total. The lowest BCUT2D eigenvalue weighted by atomic mass is 9.61. The van der Waals surface area contributed by atoms with Gasteiger partial charge in [-0.05, 0) is 115 Å². The fourth-order valence-corrected chi connectivity index (χ4v) is 7.17. The molecule has 1 aliphatic carbocycles. The van der Waals surface area contributed by atoms with Crippen LogP contribution in [-0.4, -0.2) is 34.9 Å². The Morgan fingerprint density at radius 2 is 1.45 bits per heavy atom. The minimum atomic E-state index is -1.78. The van der Waals surface area contributed by atoms with Crippen LogP contribution in [0.3, 0.4) is 0 Å². The summed E-state index contributed by atoms with van der Waals surface area (Å²) < 4.78 is 12.8. The Hall–Kier alpha value is -4.47. The van der Waals surface area contributed by atoms with E-state index in [0.29, 0.717) is 39.5 Å².